The number of allylic oxidation sites excluding steroid dienone is 4. The smallest absolute Gasteiger partial charge is 0.246 e. The van der Waals surface area contributed by atoms with Crippen molar-refractivity contribution in [3.05, 3.63) is 34.9 Å². The third kappa shape index (κ3) is 5.12. The van der Waals surface area contributed by atoms with Gasteiger partial charge in [-0.15, -0.1) is 0 Å². The highest BCUT2D eigenvalue weighted by Crippen LogP contribution is 2.75. The maximum absolute atomic E-state index is 13.0. The largest absolute Gasteiger partial charge is 0.392 e. The Morgan fingerprint density at radius 2 is 1.38 bits per heavy atom. The lowest BCUT2D eigenvalue weighted by molar-refractivity contribution is -0.248. The van der Waals surface area contributed by atoms with E-state index < -0.39 is 40.7 Å². The molecule has 2 amide bonds. The number of carbonyl (C=O) groups is 2. The van der Waals surface area contributed by atoms with Gasteiger partial charge in [-0.05, 0) is 112 Å². The first kappa shape index (κ1) is 37.3. The Kier molecular flexibility index (Phi) is 9.58. The van der Waals surface area contributed by atoms with E-state index in [9.17, 15) is 30.0 Å². The maximum atomic E-state index is 13.0. The van der Waals surface area contributed by atoms with Crippen LogP contribution in [0.2, 0.25) is 0 Å². The topological polar surface area (TPSA) is 139 Å². The highest BCUT2D eigenvalue weighted by molar-refractivity contribution is 5.93. The molecule has 8 heteroatoms. The highest BCUT2D eigenvalue weighted by atomic mass is 16.3. The van der Waals surface area contributed by atoms with Gasteiger partial charge in [0, 0.05) is 35.1 Å². The van der Waals surface area contributed by atoms with E-state index in [0.717, 1.165) is 25.7 Å². The van der Waals surface area contributed by atoms with Crippen molar-refractivity contribution >= 4 is 11.8 Å². The predicted octanol–water partition coefficient (Wildman–Crippen LogP) is 5.21. The third-order valence-corrected chi connectivity index (χ3v) is 15.7. The van der Waals surface area contributed by atoms with E-state index >= 15 is 0 Å². The zero-order valence-corrected chi connectivity index (χ0v) is 31.2. The Balaban J connectivity index is 1.55. The van der Waals surface area contributed by atoms with Crippen molar-refractivity contribution in [3.63, 3.8) is 0 Å². The summed E-state index contributed by atoms with van der Waals surface area (Å²) in [6, 6.07) is 0. The van der Waals surface area contributed by atoms with E-state index in [0.29, 0.717) is 42.9 Å². The molecule has 5 aliphatic carbocycles. The van der Waals surface area contributed by atoms with E-state index in [1.165, 1.54) is 5.57 Å². The number of carbonyl (C=O) groups excluding carboxylic acids is 2. The minimum atomic E-state index is -1.21. The number of hydrogen-bond acceptors (Lipinski definition) is 6. The summed E-state index contributed by atoms with van der Waals surface area (Å²) in [5.41, 5.74) is -0.305. The standard InChI is InChI=1S/C40H64N2O6/c1-11-23(3)33(47)41-21-37(8)27-15-18-38(9)28(36(27,7)17-16-29(37)43)14-13-25-26-19-35(5,6)31(45)32(46)40(26,30(44)20-39(25,38)10)22-42-34(48)24(4)12-2/h11-13,26-32,43-46H,14-22H2,1-10H3,(H,41,47)(H,42,48)/b23-11+,24-12+/t26?,27?,28?,29-,30+,31-,32-,36-,37+,38+,39+,40-/m0/s1. The van der Waals surface area contributed by atoms with E-state index in [4.69, 9.17) is 0 Å². The second-order valence-electron chi connectivity index (χ2n) is 18.1. The Bertz CT molecular complexity index is 1400. The van der Waals surface area contributed by atoms with Crippen molar-refractivity contribution in [3.8, 4) is 0 Å². The molecule has 0 spiro atoms. The van der Waals surface area contributed by atoms with Gasteiger partial charge < -0.3 is 31.1 Å². The molecule has 0 aromatic heterocycles. The van der Waals surface area contributed by atoms with Gasteiger partial charge in [0.15, 0.2) is 0 Å². The van der Waals surface area contributed by atoms with Gasteiger partial charge in [-0.2, -0.15) is 0 Å². The lowest BCUT2D eigenvalue weighted by Gasteiger charge is -2.72. The number of fused-ring (bicyclic) bond motifs is 7. The molecule has 0 saturated heterocycles. The van der Waals surface area contributed by atoms with Crippen LogP contribution in [0.15, 0.2) is 34.9 Å². The zero-order valence-electron chi connectivity index (χ0n) is 31.2. The SMILES string of the molecule is C/C=C(\C)C(=O)NC[C@@]12C(CC(C)(C)[C@@H](O)[C@@H]1O)C1=CCC3[C@@]4(C)CC[C@H](O)[C@](C)(CNC(=O)/C(C)=C/C)C4CC[C@@]3(C)[C@]1(C)C[C@H]2O. The molecule has 0 aromatic rings. The van der Waals surface area contributed by atoms with Crippen LogP contribution in [0.1, 0.15) is 114 Å². The molecule has 0 aliphatic heterocycles. The summed E-state index contributed by atoms with van der Waals surface area (Å²) in [6.07, 6.45) is 7.58. The fourth-order valence-corrected chi connectivity index (χ4v) is 12.0. The van der Waals surface area contributed by atoms with Crippen molar-refractivity contribution in [2.75, 3.05) is 13.1 Å². The van der Waals surface area contributed by atoms with Gasteiger partial charge in [-0.25, -0.2) is 0 Å². The molecule has 3 unspecified atom stereocenters. The van der Waals surface area contributed by atoms with Crippen molar-refractivity contribution in [1.29, 1.82) is 0 Å². The summed E-state index contributed by atoms with van der Waals surface area (Å²) in [5, 5.41) is 53.5. The molecule has 0 bridgehead atoms. The molecule has 0 heterocycles. The molecule has 4 saturated carbocycles. The fraction of sp³-hybridized carbons (Fsp3) is 0.800. The number of nitrogens with one attached hydrogen (secondary N) is 2. The average Bonchev–Trinajstić information content (AvgIpc) is 3.03. The first-order valence-electron chi connectivity index (χ1n) is 18.5. The van der Waals surface area contributed by atoms with Crippen LogP contribution in [0.5, 0.6) is 0 Å². The monoisotopic (exact) mass is 668 g/mol. The number of aliphatic hydroxyl groups excluding tert-OH is 4. The third-order valence-electron chi connectivity index (χ3n) is 15.7. The normalized spacial score (nSPS) is 47.0. The van der Waals surface area contributed by atoms with Crippen LogP contribution in [0, 0.1) is 50.2 Å². The van der Waals surface area contributed by atoms with Crippen molar-refractivity contribution in [2.24, 2.45) is 50.2 Å². The van der Waals surface area contributed by atoms with Gasteiger partial charge in [0.1, 0.15) is 0 Å². The minimum Gasteiger partial charge on any atom is -0.392 e. The van der Waals surface area contributed by atoms with E-state index in [-0.39, 0.29) is 46.4 Å². The number of rotatable bonds is 6. The summed E-state index contributed by atoms with van der Waals surface area (Å²) in [6.45, 7) is 21.1. The average molecular weight is 669 g/mol. The van der Waals surface area contributed by atoms with Crippen LogP contribution in [0.3, 0.4) is 0 Å². The highest BCUT2D eigenvalue weighted by Gasteiger charge is 2.72. The van der Waals surface area contributed by atoms with Gasteiger partial charge in [-0.3, -0.25) is 9.59 Å². The second kappa shape index (κ2) is 12.3. The van der Waals surface area contributed by atoms with Crippen LogP contribution in [-0.2, 0) is 9.59 Å². The van der Waals surface area contributed by atoms with Crippen LogP contribution in [0.25, 0.3) is 0 Å². The first-order valence-corrected chi connectivity index (χ1v) is 18.5. The summed E-state index contributed by atoms with van der Waals surface area (Å²) >= 11 is 0. The Hall–Kier alpha value is -2.00. The molecule has 0 aromatic carbocycles. The molecule has 270 valence electrons. The number of amides is 2. The Morgan fingerprint density at radius 1 is 0.792 bits per heavy atom. The predicted molar refractivity (Wildman–Crippen MR) is 188 cm³/mol. The summed E-state index contributed by atoms with van der Waals surface area (Å²) in [7, 11) is 0. The number of aliphatic hydroxyl groups is 4. The van der Waals surface area contributed by atoms with Crippen LogP contribution in [-0.4, -0.2) is 69.7 Å². The molecule has 48 heavy (non-hydrogen) atoms. The van der Waals surface area contributed by atoms with Gasteiger partial charge in [0.25, 0.3) is 0 Å². The molecule has 4 fully saturated rings. The fourth-order valence-electron chi connectivity index (χ4n) is 12.0. The quantitative estimate of drug-likeness (QED) is 0.170. The Morgan fingerprint density at radius 3 is 1.96 bits per heavy atom. The van der Waals surface area contributed by atoms with Gasteiger partial charge >= 0.3 is 0 Å². The molecule has 0 radical (unpaired) electrons. The lowest BCUT2D eigenvalue weighted by atomic mass is 9.33. The summed E-state index contributed by atoms with van der Waals surface area (Å²) < 4.78 is 0. The molecule has 5 rings (SSSR count). The van der Waals surface area contributed by atoms with E-state index in [1.807, 2.05) is 40.7 Å². The summed E-state index contributed by atoms with van der Waals surface area (Å²) in [5.74, 6) is -0.0390. The first-order chi connectivity index (χ1) is 22.2. The maximum Gasteiger partial charge on any atom is 0.246 e. The number of hydrogen-bond donors (Lipinski definition) is 6. The molecule has 6 N–H and O–H groups in total. The van der Waals surface area contributed by atoms with Crippen molar-refractivity contribution in [2.45, 2.75) is 139 Å². The van der Waals surface area contributed by atoms with E-state index in [2.05, 4.69) is 44.4 Å². The van der Waals surface area contributed by atoms with Crippen LogP contribution in [0.4, 0.5) is 0 Å². The molecular formula is C40H64N2O6. The van der Waals surface area contributed by atoms with Crippen molar-refractivity contribution in [1.82, 2.24) is 10.6 Å². The lowest BCUT2D eigenvalue weighted by Crippen LogP contribution is -2.72. The molecular weight excluding hydrogens is 604 g/mol. The van der Waals surface area contributed by atoms with Crippen LogP contribution >= 0.6 is 0 Å². The van der Waals surface area contributed by atoms with Gasteiger partial charge in [0.2, 0.25) is 11.8 Å². The van der Waals surface area contributed by atoms with Gasteiger partial charge in [-0.1, -0.05) is 65.3 Å². The Labute approximate surface area is 288 Å². The molecule has 12 atom stereocenters. The summed E-state index contributed by atoms with van der Waals surface area (Å²) in [4.78, 5) is 25.8. The van der Waals surface area contributed by atoms with Gasteiger partial charge in [0.05, 0.1) is 24.4 Å². The zero-order chi connectivity index (χ0) is 35.8. The second-order valence-corrected chi connectivity index (χ2v) is 18.1. The van der Waals surface area contributed by atoms with Crippen molar-refractivity contribution < 1.29 is 30.0 Å². The van der Waals surface area contributed by atoms with E-state index in [1.54, 1.807) is 13.0 Å². The van der Waals surface area contributed by atoms with Crippen LogP contribution < -0.4 is 10.6 Å². The minimum absolute atomic E-state index is 0.0825. The molecule has 5 aliphatic rings. The molecule has 8 nitrogen and oxygen atoms in total.